The molecule has 1 aliphatic heterocycles. The van der Waals surface area contributed by atoms with Crippen LogP contribution in [-0.4, -0.2) is 45.3 Å². The number of amides is 1. The molecule has 1 aromatic heterocycles. The zero-order chi connectivity index (χ0) is 21.7. The first-order valence-corrected chi connectivity index (χ1v) is 9.86. The van der Waals surface area contributed by atoms with Crippen molar-refractivity contribution >= 4 is 5.91 Å². The summed E-state index contributed by atoms with van der Waals surface area (Å²) >= 11 is 0. The second-order valence-electron chi connectivity index (χ2n) is 8.47. The molecule has 0 spiro atoms. The molecular formula is C22H23F3N2O3. The molecule has 1 fully saturated rings. The highest BCUT2D eigenvalue weighted by molar-refractivity contribution is 6.05. The standard InChI is InChI=1S/C22H23F3N2O3/c1-21(2,29)18(13-8-9-13)27-11-14-5-3-6-15(17(14)20(27)28)16-7-4-10-26-19(16)30-12-22(23,24)25/h3-7,10,13,18,29H,8-9,11-12H2,1-2H3. The van der Waals surface area contributed by atoms with Gasteiger partial charge >= 0.3 is 6.18 Å². The van der Waals surface area contributed by atoms with Gasteiger partial charge in [0.05, 0.1) is 17.2 Å². The summed E-state index contributed by atoms with van der Waals surface area (Å²) in [6, 6.07) is 8.15. The highest BCUT2D eigenvalue weighted by Gasteiger charge is 2.48. The Bertz CT molecular complexity index is 965. The number of aromatic nitrogens is 1. The number of nitrogens with zero attached hydrogens (tertiary/aromatic N) is 2. The lowest BCUT2D eigenvalue weighted by molar-refractivity contribution is -0.154. The Morgan fingerprint density at radius 2 is 1.90 bits per heavy atom. The number of alkyl halides is 3. The summed E-state index contributed by atoms with van der Waals surface area (Å²) in [4.78, 5) is 19.1. The highest BCUT2D eigenvalue weighted by Crippen LogP contribution is 2.44. The van der Waals surface area contributed by atoms with Gasteiger partial charge in [-0.05, 0) is 50.3 Å². The minimum absolute atomic E-state index is 0.171. The maximum Gasteiger partial charge on any atom is 0.422 e. The van der Waals surface area contributed by atoms with Crippen molar-refractivity contribution in [2.24, 2.45) is 5.92 Å². The second kappa shape index (κ2) is 7.27. The molecular weight excluding hydrogens is 397 g/mol. The molecule has 2 aliphatic rings. The fourth-order valence-corrected chi connectivity index (χ4v) is 4.32. The van der Waals surface area contributed by atoms with Gasteiger partial charge < -0.3 is 14.7 Å². The van der Waals surface area contributed by atoms with Gasteiger partial charge in [-0.3, -0.25) is 4.79 Å². The maximum atomic E-state index is 13.4. The van der Waals surface area contributed by atoms with Crippen molar-refractivity contribution in [2.45, 2.75) is 51.1 Å². The monoisotopic (exact) mass is 420 g/mol. The minimum atomic E-state index is -4.50. The van der Waals surface area contributed by atoms with E-state index in [4.69, 9.17) is 4.74 Å². The lowest BCUT2D eigenvalue weighted by Crippen LogP contribution is -2.51. The van der Waals surface area contributed by atoms with Crippen LogP contribution in [0.3, 0.4) is 0 Å². The van der Waals surface area contributed by atoms with Crippen molar-refractivity contribution in [2.75, 3.05) is 6.61 Å². The summed E-state index contributed by atoms with van der Waals surface area (Å²) in [6.45, 7) is 2.30. The smallest absolute Gasteiger partial charge is 0.422 e. The lowest BCUT2D eigenvalue weighted by Gasteiger charge is -2.37. The van der Waals surface area contributed by atoms with Gasteiger partial charge in [-0.2, -0.15) is 13.2 Å². The van der Waals surface area contributed by atoms with E-state index in [9.17, 15) is 23.1 Å². The lowest BCUT2D eigenvalue weighted by atomic mass is 9.93. The third kappa shape index (κ3) is 4.01. The SMILES string of the molecule is CC(C)(O)C(C1CC1)N1Cc2cccc(-c3cccnc3OCC(F)(F)F)c2C1=O. The summed E-state index contributed by atoms with van der Waals surface area (Å²) in [5, 5.41) is 10.7. The van der Waals surface area contributed by atoms with Crippen LogP contribution in [0.5, 0.6) is 5.88 Å². The number of benzene rings is 1. The third-order valence-corrected chi connectivity index (χ3v) is 5.53. The van der Waals surface area contributed by atoms with Crippen molar-refractivity contribution in [3.8, 4) is 17.0 Å². The normalized spacial score (nSPS) is 17.8. The molecule has 1 amide bonds. The quantitative estimate of drug-likeness (QED) is 0.761. The van der Waals surface area contributed by atoms with E-state index in [-0.39, 0.29) is 23.7 Å². The van der Waals surface area contributed by atoms with Gasteiger partial charge in [0.1, 0.15) is 0 Å². The number of rotatable bonds is 6. The molecule has 4 rings (SSSR count). The summed E-state index contributed by atoms with van der Waals surface area (Å²) in [5.74, 6) is -0.156. The van der Waals surface area contributed by atoms with E-state index >= 15 is 0 Å². The number of fused-ring (bicyclic) bond motifs is 1. The molecule has 1 saturated carbocycles. The minimum Gasteiger partial charge on any atom is -0.468 e. The number of pyridine rings is 1. The summed E-state index contributed by atoms with van der Waals surface area (Å²) < 4.78 is 42.9. The number of hydrogen-bond donors (Lipinski definition) is 1. The van der Waals surface area contributed by atoms with E-state index in [0.29, 0.717) is 23.2 Å². The largest absolute Gasteiger partial charge is 0.468 e. The molecule has 160 valence electrons. The molecule has 30 heavy (non-hydrogen) atoms. The van der Waals surface area contributed by atoms with Crippen LogP contribution in [0.15, 0.2) is 36.5 Å². The molecule has 0 radical (unpaired) electrons. The van der Waals surface area contributed by atoms with Crippen molar-refractivity contribution in [3.05, 3.63) is 47.7 Å². The molecule has 0 saturated heterocycles. The van der Waals surface area contributed by atoms with Crippen molar-refractivity contribution in [1.82, 2.24) is 9.88 Å². The Balaban J connectivity index is 1.72. The Labute approximate surface area is 172 Å². The Kier molecular flexibility index (Phi) is 5.00. The molecule has 1 aromatic carbocycles. The van der Waals surface area contributed by atoms with Crippen LogP contribution in [0, 0.1) is 5.92 Å². The molecule has 2 aromatic rings. The van der Waals surface area contributed by atoms with Crippen LogP contribution < -0.4 is 4.74 Å². The summed E-state index contributed by atoms with van der Waals surface area (Å²) in [5.41, 5.74) is 0.958. The molecule has 1 aliphatic carbocycles. The van der Waals surface area contributed by atoms with Crippen molar-refractivity contribution in [1.29, 1.82) is 0 Å². The Hall–Kier alpha value is -2.61. The van der Waals surface area contributed by atoms with E-state index in [1.54, 1.807) is 43.0 Å². The zero-order valence-electron chi connectivity index (χ0n) is 16.7. The second-order valence-corrected chi connectivity index (χ2v) is 8.47. The molecule has 5 nitrogen and oxygen atoms in total. The van der Waals surface area contributed by atoms with Crippen LogP contribution in [-0.2, 0) is 6.54 Å². The molecule has 0 bridgehead atoms. The predicted octanol–water partition coefficient (Wildman–Crippen LogP) is 4.20. The molecule has 1 N–H and O–H groups in total. The predicted molar refractivity (Wildman–Crippen MR) is 104 cm³/mol. The number of ether oxygens (including phenoxy) is 1. The number of halogens is 3. The van der Waals surface area contributed by atoms with Crippen molar-refractivity contribution < 1.29 is 27.8 Å². The Morgan fingerprint density at radius 3 is 2.53 bits per heavy atom. The maximum absolute atomic E-state index is 13.4. The Morgan fingerprint density at radius 1 is 1.20 bits per heavy atom. The van der Waals surface area contributed by atoms with Crippen molar-refractivity contribution in [3.63, 3.8) is 0 Å². The summed E-state index contributed by atoms with van der Waals surface area (Å²) in [6.07, 6.45) is -1.23. The highest BCUT2D eigenvalue weighted by atomic mass is 19.4. The molecule has 1 unspecified atom stereocenters. The van der Waals surface area contributed by atoms with E-state index in [0.717, 1.165) is 18.4 Å². The summed E-state index contributed by atoms with van der Waals surface area (Å²) in [7, 11) is 0. The van der Waals surface area contributed by atoms with E-state index in [2.05, 4.69) is 4.98 Å². The number of aliphatic hydroxyl groups is 1. The van der Waals surface area contributed by atoms with Gasteiger partial charge in [-0.25, -0.2) is 4.98 Å². The first-order valence-electron chi connectivity index (χ1n) is 9.86. The van der Waals surface area contributed by atoms with Gasteiger partial charge in [-0.15, -0.1) is 0 Å². The average Bonchev–Trinajstić information content (AvgIpc) is 3.43. The van der Waals surface area contributed by atoms with E-state index in [1.807, 2.05) is 6.07 Å². The van der Waals surface area contributed by atoms with Crippen LogP contribution in [0.1, 0.15) is 42.6 Å². The van der Waals surface area contributed by atoms with Crippen LogP contribution in [0.25, 0.3) is 11.1 Å². The fourth-order valence-electron chi connectivity index (χ4n) is 4.32. The van der Waals surface area contributed by atoms with E-state index < -0.39 is 18.4 Å². The van der Waals surface area contributed by atoms with E-state index in [1.165, 1.54) is 6.20 Å². The average molecular weight is 420 g/mol. The molecule has 2 heterocycles. The zero-order valence-corrected chi connectivity index (χ0v) is 16.7. The fraction of sp³-hybridized carbons (Fsp3) is 0.455. The topological polar surface area (TPSA) is 62.7 Å². The van der Waals surface area contributed by atoms with Crippen LogP contribution in [0.2, 0.25) is 0 Å². The third-order valence-electron chi connectivity index (χ3n) is 5.53. The van der Waals surface area contributed by atoms with Crippen LogP contribution in [0.4, 0.5) is 13.2 Å². The number of carbonyl (C=O) groups excluding carboxylic acids is 1. The van der Waals surface area contributed by atoms with Gasteiger partial charge in [0, 0.05) is 23.9 Å². The molecule has 8 heteroatoms. The number of hydrogen-bond acceptors (Lipinski definition) is 4. The number of carbonyl (C=O) groups is 1. The van der Waals surface area contributed by atoms with Gasteiger partial charge in [0.15, 0.2) is 6.61 Å². The first kappa shape index (κ1) is 20.7. The van der Waals surface area contributed by atoms with Crippen LogP contribution >= 0.6 is 0 Å². The first-order chi connectivity index (χ1) is 14.1. The van der Waals surface area contributed by atoms with Gasteiger partial charge in [0.2, 0.25) is 5.88 Å². The molecule has 1 atom stereocenters. The van der Waals surface area contributed by atoms with Gasteiger partial charge in [-0.1, -0.05) is 18.2 Å². The van der Waals surface area contributed by atoms with Gasteiger partial charge in [0.25, 0.3) is 5.91 Å².